The lowest BCUT2D eigenvalue weighted by atomic mass is 10.1. The highest BCUT2D eigenvalue weighted by Gasteiger charge is 2.08. The van der Waals surface area contributed by atoms with E-state index in [0.717, 1.165) is 16.7 Å². The minimum Gasteiger partial charge on any atom is -0.492 e. The topological polar surface area (TPSA) is 48.1 Å². The molecular weight excluding hydrogens is 212 g/mol. The van der Waals surface area contributed by atoms with E-state index in [1.165, 1.54) is 0 Å². The van der Waals surface area contributed by atoms with E-state index < -0.39 is 0 Å². The predicted octanol–water partition coefficient (Wildman–Crippen LogP) is 2.60. The van der Waals surface area contributed by atoms with Gasteiger partial charge in [0.05, 0.1) is 5.52 Å². The van der Waals surface area contributed by atoms with Gasteiger partial charge in [0.25, 0.3) is 0 Å². The summed E-state index contributed by atoms with van der Waals surface area (Å²) in [7, 11) is 0. The molecule has 0 spiro atoms. The first-order chi connectivity index (χ1) is 8.16. The second kappa shape index (κ2) is 5.15. The van der Waals surface area contributed by atoms with Crippen LogP contribution in [-0.4, -0.2) is 17.6 Å². The molecule has 17 heavy (non-hydrogen) atoms. The first-order valence-electron chi connectivity index (χ1n) is 5.90. The Kier molecular flexibility index (Phi) is 3.59. The number of pyridine rings is 1. The van der Waals surface area contributed by atoms with Crippen LogP contribution in [-0.2, 0) is 0 Å². The van der Waals surface area contributed by atoms with E-state index in [1.54, 1.807) is 6.20 Å². The molecule has 1 atom stereocenters. The fourth-order valence-electron chi connectivity index (χ4n) is 1.53. The van der Waals surface area contributed by atoms with Crippen molar-refractivity contribution < 1.29 is 4.74 Å². The molecule has 90 valence electrons. The maximum Gasteiger partial charge on any atom is 0.120 e. The van der Waals surface area contributed by atoms with Gasteiger partial charge in [0, 0.05) is 17.6 Å². The monoisotopic (exact) mass is 230 g/mol. The highest BCUT2D eigenvalue weighted by molar-refractivity contribution is 5.79. The molecule has 0 aliphatic heterocycles. The molecular formula is C14H18N2O. The van der Waals surface area contributed by atoms with Crippen molar-refractivity contribution in [1.29, 1.82) is 0 Å². The van der Waals surface area contributed by atoms with Crippen LogP contribution < -0.4 is 10.5 Å². The third-order valence-corrected chi connectivity index (χ3v) is 2.87. The summed E-state index contributed by atoms with van der Waals surface area (Å²) in [5, 5.41) is 1.09. The van der Waals surface area contributed by atoms with Gasteiger partial charge in [-0.15, -0.1) is 0 Å². The SMILES string of the molecule is CC(C)[C@H](N)COc1ccc2ncccc2c1. The third-order valence-electron chi connectivity index (χ3n) is 2.87. The molecule has 0 fully saturated rings. The summed E-state index contributed by atoms with van der Waals surface area (Å²) in [6.45, 7) is 4.74. The molecule has 0 saturated heterocycles. The summed E-state index contributed by atoms with van der Waals surface area (Å²) in [5.41, 5.74) is 6.92. The van der Waals surface area contributed by atoms with Crippen molar-refractivity contribution in [3.8, 4) is 5.75 Å². The molecule has 0 aliphatic rings. The van der Waals surface area contributed by atoms with Crippen LogP contribution in [0.1, 0.15) is 13.8 Å². The zero-order valence-corrected chi connectivity index (χ0v) is 10.3. The highest BCUT2D eigenvalue weighted by atomic mass is 16.5. The lowest BCUT2D eigenvalue weighted by molar-refractivity contribution is 0.260. The van der Waals surface area contributed by atoms with Crippen molar-refractivity contribution >= 4 is 10.9 Å². The number of ether oxygens (including phenoxy) is 1. The van der Waals surface area contributed by atoms with E-state index in [4.69, 9.17) is 10.5 Å². The molecule has 0 radical (unpaired) electrons. The molecule has 1 aromatic carbocycles. The normalized spacial score (nSPS) is 12.9. The average molecular weight is 230 g/mol. The number of benzene rings is 1. The summed E-state index contributed by atoms with van der Waals surface area (Å²) >= 11 is 0. The molecule has 0 bridgehead atoms. The molecule has 1 heterocycles. The Bertz CT molecular complexity index is 496. The Morgan fingerprint density at radius 3 is 2.88 bits per heavy atom. The fraction of sp³-hybridized carbons (Fsp3) is 0.357. The largest absolute Gasteiger partial charge is 0.492 e. The summed E-state index contributed by atoms with van der Waals surface area (Å²) < 4.78 is 5.68. The van der Waals surface area contributed by atoms with Gasteiger partial charge >= 0.3 is 0 Å². The first kappa shape index (κ1) is 11.9. The van der Waals surface area contributed by atoms with Crippen molar-refractivity contribution in [2.24, 2.45) is 11.7 Å². The Balaban J connectivity index is 2.09. The van der Waals surface area contributed by atoms with Crippen molar-refractivity contribution in [3.63, 3.8) is 0 Å². The molecule has 0 amide bonds. The molecule has 0 aliphatic carbocycles. The van der Waals surface area contributed by atoms with Crippen LogP contribution in [0.2, 0.25) is 0 Å². The van der Waals surface area contributed by atoms with Crippen LogP contribution in [0.25, 0.3) is 10.9 Å². The van der Waals surface area contributed by atoms with Crippen LogP contribution in [0.5, 0.6) is 5.75 Å². The fourth-order valence-corrected chi connectivity index (χ4v) is 1.53. The predicted molar refractivity (Wildman–Crippen MR) is 70.1 cm³/mol. The van der Waals surface area contributed by atoms with Crippen molar-refractivity contribution in [2.45, 2.75) is 19.9 Å². The van der Waals surface area contributed by atoms with E-state index in [0.29, 0.717) is 12.5 Å². The van der Waals surface area contributed by atoms with E-state index in [1.807, 2.05) is 30.3 Å². The summed E-state index contributed by atoms with van der Waals surface area (Å²) in [4.78, 5) is 4.27. The Morgan fingerprint density at radius 1 is 1.29 bits per heavy atom. The molecule has 2 aromatic rings. The summed E-state index contributed by atoms with van der Waals surface area (Å²) in [6.07, 6.45) is 1.79. The van der Waals surface area contributed by atoms with Crippen molar-refractivity contribution in [3.05, 3.63) is 36.5 Å². The minimum atomic E-state index is 0.0691. The zero-order valence-electron chi connectivity index (χ0n) is 10.3. The van der Waals surface area contributed by atoms with Gasteiger partial charge in [0.2, 0.25) is 0 Å². The molecule has 1 aromatic heterocycles. The quantitative estimate of drug-likeness (QED) is 0.878. The number of fused-ring (bicyclic) bond motifs is 1. The zero-order chi connectivity index (χ0) is 12.3. The first-order valence-corrected chi connectivity index (χ1v) is 5.90. The van der Waals surface area contributed by atoms with Gasteiger partial charge in [-0.05, 0) is 30.2 Å². The van der Waals surface area contributed by atoms with Crippen LogP contribution in [0.3, 0.4) is 0 Å². The average Bonchev–Trinajstić information content (AvgIpc) is 2.35. The van der Waals surface area contributed by atoms with Crippen molar-refractivity contribution in [2.75, 3.05) is 6.61 Å². The number of aromatic nitrogens is 1. The van der Waals surface area contributed by atoms with E-state index >= 15 is 0 Å². The van der Waals surface area contributed by atoms with Crippen LogP contribution in [0, 0.1) is 5.92 Å². The van der Waals surface area contributed by atoms with Gasteiger partial charge < -0.3 is 10.5 Å². The lowest BCUT2D eigenvalue weighted by Gasteiger charge is -2.16. The number of hydrogen-bond donors (Lipinski definition) is 1. The Hall–Kier alpha value is -1.61. The van der Waals surface area contributed by atoms with Crippen LogP contribution in [0.15, 0.2) is 36.5 Å². The molecule has 2 N–H and O–H groups in total. The number of rotatable bonds is 4. The van der Waals surface area contributed by atoms with Crippen LogP contribution in [0.4, 0.5) is 0 Å². The maximum atomic E-state index is 5.94. The van der Waals surface area contributed by atoms with Gasteiger partial charge in [-0.2, -0.15) is 0 Å². The third kappa shape index (κ3) is 2.94. The van der Waals surface area contributed by atoms with Crippen molar-refractivity contribution in [1.82, 2.24) is 4.98 Å². The van der Waals surface area contributed by atoms with Gasteiger partial charge in [0.1, 0.15) is 12.4 Å². The minimum absolute atomic E-state index is 0.0691. The van der Waals surface area contributed by atoms with Gasteiger partial charge in [-0.3, -0.25) is 4.98 Å². The van der Waals surface area contributed by atoms with Gasteiger partial charge in [0.15, 0.2) is 0 Å². The standard InChI is InChI=1S/C14H18N2O/c1-10(2)13(15)9-17-12-5-6-14-11(8-12)4-3-7-16-14/h3-8,10,13H,9,15H2,1-2H3/t13-/m1/s1. The summed E-state index contributed by atoms with van der Waals surface area (Å²) in [5.74, 6) is 1.28. The second-order valence-corrected chi connectivity index (χ2v) is 4.58. The lowest BCUT2D eigenvalue weighted by Crippen LogP contribution is -2.32. The maximum absolute atomic E-state index is 5.94. The van der Waals surface area contributed by atoms with Crippen LogP contribution >= 0.6 is 0 Å². The molecule has 0 unspecified atom stereocenters. The molecule has 3 heteroatoms. The van der Waals surface area contributed by atoms with Gasteiger partial charge in [-0.1, -0.05) is 19.9 Å². The number of nitrogens with two attached hydrogens (primary N) is 1. The smallest absolute Gasteiger partial charge is 0.120 e. The summed E-state index contributed by atoms with van der Waals surface area (Å²) in [6, 6.07) is 9.91. The second-order valence-electron chi connectivity index (χ2n) is 4.58. The van der Waals surface area contributed by atoms with E-state index in [-0.39, 0.29) is 6.04 Å². The van der Waals surface area contributed by atoms with E-state index in [9.17, 15) is 0 Å². The highest BCUT2D eigenvalue weighted by Crippen LogP contribution is 2.19. The number of nitrogens with zero attached hydrogens (tertiary/aromatic N) is 1. The molecule has 0 saturated carbocycles. The van der Waals surface area contributed by atoms with E-state index in [2.05, 4.69) is 18.8 Å². The molecule has 3 nitrogen and oxygen atoms in total. The number of hydrogen-bond acceptors (Lipinski definition) is 3. The Labute approximate surface area is 102 Å². The van der Waals surface area contributed by atoms with Gasteiger partial charge in [-0.25, -0.2) is 0 Å². The Morgan fingerprint density at radius 2 is 2.12 bits per heavy atom. The molecule has 2 rings (SSSR count).